The van der Waals surface area contributed by atoms with E-state index in [1.54, 1.807) is 0 Å². The van der Waals surface area contributed by atoms with Gasteiger partial charge in [-0.15, -0.1) is 0 Å². The number of hydrogen-bond acceptors (Lipinski definition) is 4. The molecule has 0 spiro atoms. The average molecular weight is 597 g/mol. The van der Waals surface area contributed by atoms with Crippen molar-refractivity contribution in [3.8, 4) is 0 Å². The Balaban J connectivity index is 1.13. The third kappa shape index (κ3) is 7.46. The molecule has 3 heterocycles. The molecule has 3 fully saturated rings. The maximum atomic E-state index is 12.6. The highest BCUT2D eigenvalue weighted by atomic mass is 16.4. The zero-order valence-corrected chi connectivity index (χ0v) is 26.7. The SMILES string of the molecule is CCCCn1nc(Cc2ccccc2)cc1C1CCN(CC2CN(C(C(=O)O)C3CCCCC3)CC2c2ccccc2)CC1. The molecule has 0 amide bonds. The lowest BCUT2D eigenvalue weighted by Gasteiger charge is -2.35. The second-order valence-corrected chi connectivity index (χ2v) is 13.8. The van der Waals surface area contributed by atoms with Gasteiger partial charge < -0.3 is 10.0 Å². The molecule has 236 valence electrons. The Morgan fingerprint density at radius 1 is 0.932 bits per heavy atom. The van der Waals surface area contributed by atoms with Crippen molar-refractivity contribution in [2.75, 3.05) is 32.7 Å². The summed E-state index contributed by atoms with van der Waals surface area (Å²) in [6.45, 7) is 8.25. The van der Waals surface area contributed by atoms with Gasteiger partial charge in [-0.05, 0) is 74.2 Å². The van der Waals surface area contributed by atoms with Crippen LogP contribution in [0, 0.1) is 11.8 Å². The number of carboxylic acids is 1. The van der Waals surface area contributed by atoms with E-state index in [0.29, 0.717) is 17.8 Å². The maximum Gasteiger partial charge on any atom is 0.321 e. The second-order valence-electron chi connectivity index (χ2n) is 13.8. The number of carbonyl (C=O) groups is 1. The van der Waals surface area contributed by atoms with Crippen molar-refractivity contribution in [3.05, 3.63) is 89.2 Å². The third-order valence-electron chi connectivity index (χ3n) is 10.8. The number of piperidine rings is 1. The lowest BCUT2D eigenvalue weighted by Crippen LogP contribution is -2.46. The van der Waals surface area contributed by atoms with Gasteiger partial charge in [-0.25, -0.2) is 0 Å². The molecule has 3 unspecified atom stereocenters. The van der Waals surface area contributed by atoms with Gasteiger partial charge in [0.25, 0.3) is 0 Å². The van der Waals surface area contributed by atoms with Gasteiger partial charge in [0.05, 0.1) is 5.69 Å². The van der Waals surface area contributed by atoms with Crippen LogP contribution in [0.1, 0.15) is 99.1 Å². The van der Waals surface area contributed by atoms with Crippen molar-refractivity contribution in [3.63, 3.8) is 0 Å². The van der Waals surface area contributed by atoms with Gasteiger partial charge in [0, 0.05) is 50.1 Å². The molecule has 3 aliphatic rings. The molecule has 44 heavy (non-hydrogen) atoms. The number of aliphatic carboxylic acids is 1. The molecule has 6 nitrogen and oxygen atoms in total. The van der Waals surface area contributed by atoms with Gasteiger partial charge in [-0.1, -0.05) is 93.3 Å². The number of aromatic nitrogens is 2. The minimum absolute atomic E-state index is 0.288. The van der Waals surface area contributed by atoms with Crippen LogP contribution in [-0.4, -0.2) is 69.4 Å². The standard InChI is InChI=1S/C38H52N4O2/c1-2-3-21-42-36(25-34(39-42)24-29-13-7-4-8-14-29)31-19-22-40(23-20-31)26-33-27-41(28-35(33)30-15-9-5-10-16-30)37(38(43)44)32-17-11-6-12-18-32/h4-5,7-10,13-16,25,31-33,35,37H,2-3,6,11-12,17-24,26-28H2,1H3,(H,43,44). The number of unbranched alkanes of at least 4 members (excludes halogenated alkanes) is 1. The van der Waals surface area contributed by atoms with Gasteiger partial charge in [-0.2, -0.15) is 5.10 Å². The first-order valence-corrected chi connectivity index (χ1v) is 17.4. The summed E-state index contributed by atoms with van der Waals surface area (Å²) in [5, 5.41) is 15.5. The van der Waals surface area contributed by atoms with E-state index in [0.717, 1.165) is 77.8 Å². The van der Waals surface area contributed by atoms with Crippen molar-refractivity contribution in [1.29, 1.82) is 0 Å². The molecule has 1 aliphatic carbocycles. The van der Waals surface area contributed by atoms with Crippen LogP contribution in [0.15, 0.2) is 66.7 Å². The zero-order chi connectivity index (χ0) is 30.3. The monoisotopic (exact) mass is 596 g/mol. The summed E-state index contributed by atoms with van der Waals surface area (Å²) in [6.07, 6.45) is 11.3. The quantitative estimate of drug-likeness (QED) is 0.240. The summed E-state index contributed by atoms with van der Waals surface area (Å²) in [5.41, 5.74) is 5.30. The van der Waals surface area contributed by atoms with Crippen LogP contribution in [-0.2, 0) is 17.8 Å². The predicted octanol–water partition coefficient (Wildman–Crippen LogP) is 7.20. The van der Waals surface area contributed by atoms with E-state index >= 15 is 0 Å². The summed E-state index contributed by atoms with van der Waals surface area (Å²) in [4.78, 5) is 17.7. The van der Waals surface area contributed by atoms with Crippen molar-refractivity contribution >= 4 is 5.97 Å². The van der Waals surface area contributed by atoms with Crippen LogP contribution in [0.3, 0.4) is 0 Å². The molecule has 1 aromatic heterocycles. The largest absolute Gasteiger partial charge is 0.480 e. The highest BCUT2D eigenvalue weighted by Crippen LogP contribution is 2.39. The van der Waals surface area contributed by atoms with Crippen molar-refractivity contribution in [2.45, 2.75) is 95.6 Å². The summed E-state index contributed by atoms with van der Waals surface area (Å²) in [5.74, 6) is 1.06. The fourth-order valence-electron chi connectivity index (χ4n) is 8.44. The molecule has 2 aliphatic heterocycles. The smallest absolute Gasteiger partial charge is 0.321 e. The van der Waals surface area contributed by atoms with Crippen LogP contribution < -0.4 is 0 Å². The number of likely N-dealkylation sites (tertiary alicyclic amines) is 2. The normalized spacial score (nSPS) is 23.2. The zero-order valence-electron chi connectivity index (χ0n) is 26.7. The molecule has 3 aromatic rings. The highest BCUT2D eigenvalue weighted by molar-refractivity contribution is 5.74. The number of aryl methyl sites for hydroxylation is 1. The fourth-order valence-corrected chi connectivity index (χ4v) is 8.44. The van der Waals surface area contributed by atoms with Crippen LogP contribution in [0.2, 0.25) is 0 Å². The van der Waals surface area contributed by atoms with Crippen LogP contribution in [0.25, 0.3) is 0 Å². The minimum atomic E-state index is -0.614. The summed E-state index contributed by atoms with van der Waals surface area (Å²) < 4.78 is 2.32. The van der Waals surface area contributed by atoms with E-state index in [2.05, 4.69) is 88.1 Å². The van der Waals surface area contributed by atoms with E-state index in [1.165, 1.54) is 48.2 Å². The Labute approximate surface area is 264 Å². The molecule has 0 bridgehead atoms. The first-order valence-electron chi connectivity index (χ1n) is 17.4. The molecular formula is C38H52N4O2. The Morgan fingerprint density at radius 2 is 1.64 bits per heavy atom. The number of benzene rings is 2. The van der Waals surface area contributed by atoms with Gasteiger partial charge in [0.15, 0.2) is 0 Å². The molecule has 2 saturated heterocycles. The van der Waals surface area contributed by atoms with Gasteiger partial charge in [0.1, 0.15) is 6.04 Å². The second kappa shape index (κ2) is 14.9. The summed E-state index contributed by atoms with van der Waals surface area (Å²) >= 11 is 0. The van der Waals surface area contributed by atoms with E-state index < -0.39 is 5.97 Å². The summed E-state index contributed by atoms with van der Waals surface area (Å²) in [6, 6.07) is 23.6. The lowest BCUT2D eigenvalue weighted by molar-refractivity contribution is -0.145. The molecule has 0 radical (unpaired) electrons. The number of nitrogens with zero attached hydrogens (tertiary/aromatic N) is 4. The topological polar surface area (TPSA) is 61.6 Å². The van der Waals surface area contributed by atoms with E-state index in [9.17, 15) is 9.90 Å². The van der Waals surface area contributed by atoms with Crippen molar-refractivity contribution < 1.29 is 9.90 Å². The van der Waals surface area contributed by atoms with Crippen LogP contribution in [0.5, 0.6) is 0 Å². The van der Waals surface area contributed by atoms with Crippen molar-refractivity contribution in [1.82, 2.24) is 19.6 Å². The number of carboxylic acid groups (broad SMARTS) is 1. The van der Waals surface area contributed by atoms with Crippen LogP contribution >= 0.6 is 0 Å². The Hall–Kier alpha value is -2.96. The number of rotatable bonds is 12. The van der Waals surface area contributed by atoms with E-state index in [-0.39, 0.29) is 12.0 Å². The first-order chi connectivity index (χ1) is 21.6. The van der Waals surface area contributed by atoms with Gasteiger partial charge in [-0.3, -0.25) is 14.4 Å². The van der Waals surface area contributed by atoms with Gasteiger partial charge >= 0.3 is 5.97 Å². The third-order valence-corrected chi connectivity index (χ3v) is 10.8. The Kier molecular flexibility index (Phi) is 10.5. The molecule has 1 N–H and O–H groups in total. The highest BCUT2D eigenvalue weighted by Gasteiger charge is 2.43. The Morgan fingerprint density at radius 3 is 2.32 bits per heavy atom. The molecular weight excluding hydrogens is 544 g/mol. The molecule has 2 aromatic carbocycles. The van der Waals surface area contributed by atoms with E-state index in [1.807, 2.05) is 0 Å². The minimum Gasteiger partial charge on any atom is -0.480 e. The Bertz CT molecular complexity index is 1310. The average Bonchev–Trinajstić information content (AvgIpc) is 3.65. The first kappa shape index (κ1) is 31.0. The molecule has 6 rings (SSSR count). The lowest BCUT2D eigenvalue weighted by atomic mass is 9.83. The van der Waals surface area contributed by atoms with Crippen molar-refractivity contribution in [2.24, 2.45) is 11.8 Å². The van der Waals surface area contributed by atoms with E-state index in [4.69, 9.17) is 5.10 Å². The van der Waals surface area contributed by atoms with Crippen LogP contribution in [0.4, 0.5) is 0 Å². The molecule has 3 atom stereocenters. The molecule has 1 saturated carbocycles. The maximum absolute atomic E-state index is 12.6. The number of hydrogen-bond donors (Lipinski definition) is 1. The predicted molar refractivity (Wildman–Crippen MR) is 177 cm³/mol. The fraction of sp³-hybridized carbons (Fsp3) is 0.579. The molecule has 6 heteroatoms. The van der Waals surface area contributed by atoms with Gasteiger partial charge in [0.2, 0.25) is 0 Å². The summed E-state index contributed by atoms with van der Waals surface area (Å²) in [7, 11) is 0.